The first-order chi connectivity index (χ1) is 16.1. The van der Waals surface area contributed by atoms with Crippen molar-refractivity contribution in [2.24, 2.45) is 0 Å². The highest BCUT2D eigenvalue weighted by Gasteiger charge is 2.17. The van der Waals surface area contributed by atoms with Gasteiger partial charge in [0.1, 0.15) is 28.5 Å². The molecule has 4 rings (SSSR count). The number of anilines is 2. The third-order valence-corrected chi connectivity index (χ3v) is 6.18. The summed E-state index contributed by atoms with van der Waals surface area (Å²) in [6.45, 7) is 3.39. The molecule has 0 unspecified atom stereocenters. The van der Waals surface area contributed by atoms with E-state index in [0.29, 0.717) is 33.9 Å². The number of nitrogens with one attached hydrogen (secondary N) is 2. The standard InChI is InChI=1S/C23H20N4O6S/c1-13-10-21(25-14(2)24-13)27-34(30,31)18-7-4-16(5-8-18)26-22(28)19-12-15-11-17(32-3)6-9-20(15)33-23(19)29/h4-12H,1-3H3,(H,26,28)(H,24,25,27). The van der Waals surface area contributed by atoms with Crippen LogP contribution in [0, 0.1) is 13.8 Å². The van der Waals surface area contributed by atoms with Crippen molar-refractivity contribution in [1.29, 1.82) is 0 Å². The van der Waals surface area contributed by atoms with Crippen molar-refractivity contribution in [2.45, 2.75) is 18.7 Å². The molecule has 0 aliphatic heterocycles. The third-order valence-electron chi connectivity index (χ3n) is 4.81. The van der Waals surface area contributed by atoms with Crippen LogP contribution in [0.25, 0.3) is 11.0 Å². The Hall–Kier alpha value is -4.25. The Bertz CT molecular complexity index is 1540. The van der Waals surface area contributed by atoms with Crippen LogP contribution in [-0.4, -0.2) is 31.4 Å². The first-order valence-electron chi connectivity index (χ1n) is 10.0. The number of aryl methyl sites for hydroxylation is 2. The van der Waals surface area contributed by atoms with Crippen LogP contribution in [0.1, 0.15) is 21.9 Å². The minimum atomic E-state index is -3.91. The van der Waals surface area contributed by atoms with Crippen LogP contribution in [0.2, 0.25) is 0 Å². The lowest BCUT2D eigenvalue weighted by Crippen LogP contribution is -2.20. The largest absolute Gasteiger partial charge is 0.497 e. The SMILES string of the molecule is COc1ccc2oc(=O)c(C(=O)Nc3ccc(S(=O)(=O)Nc4cc(C)nc(C)n4)cc3)cc2c1. The second-order valence-corrected chi connectivity index (χ2v) is 9.06. The van der Waals surface area contributed by atoms with E-state index in [1.165, 1.54) is 43.5 Å². The molecule has 0 aliphatic carbocycles. The third kappa shape index (κ3) is 4.89. The Balaban J connectivity index is 1.54. The molecular weight excluding hydrogens is 460 g/mol. The molecule has 11 heteroatoms. The number of benzene rings is 2. The van der Waals surface area contributed by atoms with Gasteiger partial charge >= 0.3 is 5.63 Å². The lowest BCUT2D eigenvalue weighted by atomic mass is 10.1. The van der Waals surface area contributed by atoms with Crippen LogP contribution < -0.4 is 20.4 Å². The molecule has 4 aromatic rings. The number of fused-ring (bicyclic) bond motifs is 1. The molecule has 2 N–H and O–H groups in total. The zero-order valence-corrected chi connectivity index (χ0v) is 19.3. The fourth-order valence-electron chi connectivity index (χ4n) is 3.27. The van der Waals surface area contributed by atoms with Gasteiger partial charge in [-0.2, -0.15) is 0 Å². The molecule has 0 atom stereocenters. The van der Waals surface area contributed by atoms with Crippen molar-refractivity contribution in [3.05, 3.63) is 82.1 Å². The Labute approximate surface area is 194 Å². The van der Waals surface area contributed by atoms with Gasteiger partial charge in [0.2, 0.25) is 0 Å². The van der Waals surface area contributed by atoms with Crippen molar-refractivity contribution in [1.82, 2.24) is 9.97 Å². The van der Waals surface area contributed by atoms with Crippen molar-refractivity contribution in [3.8, 4) is 5.75 Å². The molecule has 0 radical (unpaired) electrons. The van der Waals surface area contributed by atoms with Crippen LogP contribution >= 0.6 is 0 Å². The lowest BCUT2D eigenvalue weighted by molar-refractivity contribution is 0.102. The molecule has 174 valence electrons. The highest BCUT2D eigenvalue weighted by molar-refractivity contribution is 7.92. The number of sulfonamides is 1. The molecule has 34 heavy (non-hydrogen) atoms. The van der Waals surface area contributed by atoms with Crippen LogP contribution in [0.4, 0.5) is 11.5 Å². The van der Waals surface area contributed by atoms with Gasteiger partial charge < -0.3 is 14.5 Å². The first-order valence-corrected chi connectivity index (χ1v) is 11.5. The fourth-order valence-corrected chi connectivity index (χ4v) is 4.26. The highest BCUT2D eigenvalue weighted by Crippen LogP contribution is 2.21. The van der Waals surface area contributed by atoms with Crippen LogP contribution in [-0.2, 0) is 10.0 Å². The predicted molar refractivity (Wildman–Crippen MR) is 126 cm³/mol. The van der Waals surface area contributed by atoms with Gasteiger partial charge in [-0.3, -0.25) is 9.52 Å². The summed E-state index contributed by atoms with van der Waals surface area (Å²) in [5.74, 6) is 0.443. The van der Waals surface area contributed by atoms with E-state index in [4.69, 9.17) is 9.15 Å². The van der Waals surface area contributed by atoms with Crippen molar-refractivity contribution in [2.75, 3.05) is 17.1 Å². The average molecular weight is 481 g/mol. The van der Waals surface area contributed by atoms with Crippen LogP contribution in [0.15, 0.2) is 68.7 Å². The maximum atomic E-state index is 12.7. The number of ether oxygens (including phenoxy) is 1. The van der Waals surface area contributed by atoms with E-state index < -0.39 is 21.6 Å². The molecule has 0 aliphatic rings. The lowest BCUT2D eigenvalue weighted by Gasteiger charge is -2.10. The number of hydrogen-bond donors (Lipinski definition) is 2. The molecule has 2 aromatic heterocycles. The average Bonchev–Trinajstić information content (AvgIpc) is 2.77. The fraction of sp³-hybridized carbons (Fsp3) is 0.130. The summed E-state index contributed by atoms with van der Waals surface area (Å²) < 4.78 is 38.1. The molecule has 2 heterocycles. The van der Waals surface area contributed by atoms with Gasteiger partial charge in [0, 0.05) is 22.8 Å². The summed E-state index contributed by atoms with van der Waals surface area (Å²) >= 11 is 0. The molecule has 0 saturated heterocycles. The van der Waals surface area contributed by atoms with Gasteiger partial charge in [-0.25, -0.2) is 23.2 Å². The maximum Gasteiger partial charge on any atom is 0.349 e. The molecule has 10 nitrogen and oxygen atoms in total. The van der Waals surface area contributed by atoms with Gasteiger partial charge in [0.15, 0.2) is 0 Å². The van der Waals surface area contributed by atoms with E-state index in [-0.39, 0.29) is 16.3 Å². The summed E-state index contributed by atoms with van der Waals surface area (Å²) in [4.78, 5) is 33.1. The maximum absolute atomic E-state index is 12.7. The van der Waals surface area contributed by atoms with Crippen molar-refractivity contribution < 1.29 is 22.4 Å². The number of hydrogen-bond acceptors (Lipinski definition) is 8. The number of amides is 1. The predicted octanol–water partition coefficient (Wildman–Crippen LogP) is 3.26. The second kappa shape index (κ2) is 8.94. The Morgan fingerprint density at radius 2 is 1.74 bits per heavy atom. The van der Waals surface area contributed by atoms with Crippen molar-refractivity contribution in [3.63, 3.8) is 0 Å². The van der Waals surface area contributed by atoms with Crippen molar-refractivity contribution >= 4 is 38.4 Å². The van der Waals surface area contributed by atoms with Crippen LogP contribution in [0.3, 0.4) is 0 Å². The van der Waals surface area contributed by atoms with E-state index in [0.717, 1.165) is 0 Å². The number of rotatable bonds is 6. The minimum Gasteiger partial charge on any atom is -0.497 e. The van der Waals surface area contributed by atoms with Gasteiger partial charge in [-0.05, 0) is 62.4 Å². The molecule has 0 spiro atoms. The molecule has 2 aromatic carbocycles. The number of carbonyl (C=O) groups excluding carboxylic acids is 1. The normalized spacial score (nSPS) is 11.3. The van der Waals surface area contributed by atoms with Gasteiger partial charge in [0.05, 0.1) is 12.0 Å². The molecule has 0 fully saturated rings. The summed E-state index contributed by atoms with van der Waals surface area (Å²) in [5, 5.41) is 3.09. The minimum absolute atomic E-state index is 0.0308. The quantitative estimate of drug-likeness (QED) is 0.401. The Morgan fingerprint density at radius 3 is 2.41 bits per heavy atom. The van der Waals surface area contributed by atoms with E-state index in [9.17, 15) is 18.0 Å². The Kier molecular flexibility index (Phi) is 6.03. The molecule has 0 saturated carbocycles. The van der Waals surface area contributed by atoms with E-state index in [1.807, 2.05) is 0 Å². The zero-order valence-electron chi connectivity index (χ0n) is 18.4. The zero-order chi connectivity index (χ0) is 24.5. The second-order valence-electron chi connectivity index (χ2n) is 7.38. The number of methoxy groups -OCH3 is 1. The number of carbonyl (C=O) groups is 1. The van der Waals surface area contributed by atoms with Gasteiger partial charge in [-0.1, -0.05) is 0 Å². The molecular formula is C23H20N4O6S. The Morgan fingerprint density at radius 1 is 1.00 bits per heavy atom. The van der Waals surface area contributed by atoms with E-state index in [2.05, 4.69) is 20.0 Å². The molecule has 1 amide bonds. The summed E-state index contributed by atoms with van der Waals surface area (Å²) in [5.41, 5.74) is 0.240. The summed E-state index contributed by atoms with van der Waals surface area (Å²) in [6, 6.07) is 13.3. The first kappa shape index (κ1) is 22.9. The number of aromatic nitrogens is 2. The summed E-state index contributed by atoms with van der Waals surface area (Å²) in [6.07, 6.45) is 0. The highest BCUT2D eigenvalue weighted by atomic mass is 32.2. The monoisotopic (exact) mass is 480 g/mol. The van der Waals surface area contributed by atoms with Crippen LogP contribution in [0.5, 0.6) is 5.75 Å². The number of nitrogens with zero attached hydrogens (tertiary/aromatic N) is 2. The van der Waals surface area contributed by atoms with E-state index >= 15 is 0 Å². The molecule has 0 bridgehead atoms. The smallest absolute Gasteiger partial charge is 0.349 e. The summed E-state index contributed by atoms with van der Waals surface area (Å²) in [7, 11) is -2.41. The topological polar surface area (TPSA) is 140 Å². The van der Waals surface area contributed by atoms with Gasteiger partial charge in [-0.15, -0.1) is 0 Å². The van der Waals surface area contributed by atoms with Gasteiger partial charge in [0.25, 0.3) is 15.9 Å². The van der Waals surface area contributed by atoms with E-state index in [1.54, 1.807) is 32.0 Å².